The van der Waals surface area contributed by atoms with Crippen LogP contribution >= 0.6 is 0 Å². The highest BCUT2D eigenvalue weighted by atomic mass is 16.6. The molecule has 5 nitrogen and oxygen atoms in total. The summed E-state index contributed by atoms with van der Waals surface area (Å²) in [5.74, 6) is -0.774. The van der Waals surface area contributed by atoms with Crippen LogP contribution in [0.25, 0.3) is 0 Å². The summed E-state index contributed by atoms with van der Waals surface area (Å²) in [7, 11) is 0. The number of benzene rings is 1. The van der Waals surface area contributed by atoms with Crippen LogP contribution in [0.4, 0.5) is 5.69 Å². The molecule has 0 bridgehead atoms. The molecule has 2 N–H and O–H groups in total. The van der Waals surface area contributed by atoms with Gasteiger partial charge in [-0.05, 0) is 70.1 Å². The highest BCUT2D eigenvalue weighted by molar-refractivity contribution is 5.94. The maximum atomic E-state index is 12.2. The van der Waals surface area contributed by atoms with Gasteiger partial charge in [-0.3, -0.25) is 4.79 Å². The summed E-state index contributed by atoms with van der Waals surface area (Å²) in [6.45, 7) is 9.82. The van der Waals surface area contributed by atoms with E-state index in [0.717, 1.165) is 31.2 Å². The average molecular weight is 361 g/mol. The van der Waals surface area contributed by atoms with Crippen molar-refractivity contribution in [3.8, 4) is 0 Å². The number of ether oxygens (including phenoxy) is 1. The third-order valence-corrected chi connectivity index (χ3v) is 4.77. The Morgan fingerprint density at radius 3 is 2.27 bits per heavy atom. The van der Waals surface area contributed by atoms with Crippen molar-refractivity contribution in [1.82, 2.24) is 0 Å². The summed E-state index contributed by atoms with van der Waals surface area (Å²) < 4.78 is 5.49. The highest BCUT2D eigenvalue weighted by Gasteiger charge is 2.30. The zero-order chi connectivity index (χ0) is 19.5. The lowest BCUT2D eigenvalue weighted by molar-refractivity contribution is -0.161. The number of hydrogen-bond donors (Lipinski definition) is 2. The van der Waals surface area contributed by atoms with Gasteiger partial charge < -0.3 is 15.2 Å². The molecule has 0 aromatic heterocycles. The summed E-state index contributed by atoms with van der Waals surface area (Å²) >= 11 is 0. The number of esters is 1. The molecule has 0 radical (unpaired) electrons. The number of hydrogen-bond acceptors (Lipinski definition) is 4. The van der Waals surface area contributed by atoms with Crippen LogP contribution in [0.1, 0.15) is 82.1 Å². The molecular weight excluding hydrogens is 330 g/mol. The number of aromatic carboxylic acids is 1. The zero-order valence-electron chi connectivity index (χ0n) is 16.5. The number of carbonyl (C=O) groups is 2. The normalized spacial score (nSPS) is 20.7. The van der Waals surface area contributed by atoms with Gasteiger partial charge in [-0.1, -0.05) is 19.9 Å². The topological polar surface area (TPSA) is 75.6 Å². The molecule has 0 atom stereocenters. The first-order chi connectivity index (χ1) is 12.1. The molecule has 0 spiro atoms. The van der Waals surface area contributed by atoms with Gasteiger partial charge in [0, 0.05) is 11.7 Å². The van der Waals surface area contributed by atoms with Gasteiger partial charge in [-0.25, -0.2) is 4.79 Å². The SMILES string of the molecule is CC(C)c1ccc(C(=O)O)c(NC2CCC(C(=O)OC(C)(C)C)CC2)c1. The summed E-state index contributed by atoms with van der Waals surface area (Å²) in [6, 6.07) is 5.66. The van der Waals surface area contributed by atoms with Crippen molar-refractivity contribution < 1.29 is 19.4 Å². The first kappa shape index (κ1) is 20.3. The molecule has 1 fully saturated rings. The standard InChI is InChI=1S/C21H31NO4/c1-13(2)15-8-11-17(19(23)24)18(12-15)22-16-9-6-14(7-10-16)20(25)26-21(3,4)5/h8,11-14,16,22H,6-7,9-10H2,1-5H3,(H,23,24). The van der Waals surface area contributed by atoms with Gasteiger partial charge in [0.1, 0.15) is 5.60 Å². The molecule has 5 heteroatoms. The molecule has 0 amide bonds. The van der Waals surface area contributed by atoms with Crippen molar-refractivity contribution in [2.24, 2.45) is 5.92 Å². The second-order valence-electron chi connectivity index (χ2n) is 8.49. The minimum Gasteiger partial charge on any atom is -0.478 e. The first-order valence-corrected chi connectivity index (χ1v) is 9.43. The second kappa shape index (κ2) is 8.11. The van der Waals surface area contributed by atoms with E-state index in [0.29, 0.717) is 17.2 Å². The molecule has 0 saturated heterocycles. The lowest BCUT2D eigenvalue weighted by atomic mass is 9.85. The van der Waals surface area contributed by atoms with E-state index in [1.165, 1.54) is 0 Å². The second-order valence-corrected chi connectivity index (χ2v) is 8.49. The average Bonchev–Trinajstić information content (AvgIpc) is 2.53. The van der Waals surface area contributed by atoms with Crippen molar-refractivity contribution in [2.75, 3.05) is 5.32 Å². The van der Waals surface area contributed by atoms with Crippen LogP contribution in [-0.2, 0) is 9.53 Å². The molecule has 0 aliphatic heterocycles. The van der Waals surface area contributed by atoms with Gasteiger partial charge in [-0.15, -0.1) is 0 Å². The predicted molar refractivity (Wildman–Crippen MR) is 103 cm³/mol. The largest absolute Gasteiger partial charge is 0.478 e. The Kier molecular flexibility index (Phi) is 6.32. The van der Waals surface area contributed by atoms with Gasteiger partial charge in [0.05, 0.1) is 11.5 Å². The van der Waals surface area contributed by atoms with Crippen molar-refractivity contribution in [1.29, 1.82) is 0 Å². The monoisotopic (exact) mass is 361 g/mol. The number of rotatable bonds is 5. The van der Waals surface area contributed by atoms with Crippen LogP contribution in [0.3, 0.4) is 0 Å². The number of carbonyl (C=O) groups excluding carboxylic acids is 1. The Hall–Kier alpha value is -2.04. The van der Waals surface area contributed by atoms with E-state index in [1.807, 2.05) is 32.9 Å². The lowest BCUT2D eigenvalue weighted by Gasteiger charge is -2.31. The molecule has 1 aliphatic rings. The van der Waals surface area contributed by atoms with Gasteiger partial charge >= 0.3 is 11.9 Å². The summed E-state index contributed by atoms with van der Waals surface area (Å²) in [5, 5.41) is 12.8. The first-order valence-electron chi connectivity index (χ1n) is 9.43. The summed E-state index contributed by atoms with van der Waals surface area (Å²) in [6.07, 6.45) is 3.18. The smallest absolute Gasteiger partial charge is 0.337 e. The van der Waals surface area contributed by atoms with Crippen molar-refractivity contribution in [2.45, 2.75) is 77.9 Å². The third kappa shape index (κ3) is 5.48. The molecule has 1 aromatic rings. The Morgan fingerprint density at radius 1 is 1.15 bits per heavy atom. The molecule has 1 aromatic carbocycles. The van der Waals surface area contributed by atoms with E-state index >= 15 is 0 Å². The number of anilines is 1. The zero-order valence-corrected chi connectivity index (χ0v) is 16.5. The van der Waals surface area contributed by atoms with E-state index in [1.54, 1.807) is 6.07 Å². The van der Waals surface area contributed by atoms with E-state index in [4.69, 9.17) is 4.74 Å². The van der Waals surface area contributed by atoms with E-state index < -0.39 is 11.6 Å². The Labute approximate surface area is 156 Å². The molecule has 0 unspecified atom stereocenters. The fraction of sp³-hybridized carbons (Fsp3) is 0.619. The lowest BCUT2D eigenvalue weighted by Crippen LogP contribution is -2.34. The highest BCUT2D eigenvalue weighted by Crippen LogP contribution is 2.31. The minimum absolute atomic E-state index is 0.0618. The van der Waals surface area contributed by atoms with Gasteiger partial charge in [0.25, 0.3) is 0 Å². The van der Waals surface area contributed by atoms with E-state index in [2.05, 4.69) is 19.2 Å². The maximum absolute atomic E-state index is 12.2. The summed E-state index contributed by atoms with van der Waals surface area (Å²) in [4.78, 5) is 23.7. The Morgan fingerprint density at radius 2 is 1.77 bits per heavy atom. The third-order valence-electron chi connectivity index (χ3n) is 4.77. The van der Waals surface area contributed by atoms with Crippen molar-refractivity contribution >= 4 is 17.6 Å². The van der Waals surface area contributed by atoms with Gasteiger partial charge in [-0.2, -0.15) is 0 Å². The predicted octanol–water partition coefficient (Wildman–Crippen LogP) is 4.82. The van der Waals surface area contributed by atoms with Crippen LogP contribution in [0.15, 0.2) is 18.2 Å². The quantitative estimate of drug-likeness (QED) is 0.735. The van der Waals surface area contributed by atoms with Crippen LogP contribution < -0.4 is 5.32 Å². The van der Waals surface area contributed by atoms with E-state index in [9.17, 15) is 14.7 Å². The van der Waals surface area contributed by atoms with Gasteiger partial charge in [0.2, 0.25) is 0 Å². The Balaban J connectivity index is 2.02. The molecule has 0 heterocycles. The van der Waals surface area contributed by atoms with Crippen molar-refractivity contribution in [3.05, 3.63) is 29.3 Å². The fourth-order valence-corrected chi connectivity index (χ4v) is 3.31. The van der Waals surface area contributed by atoms with Gasteiger partial charge in [0.15, 0.2) is 0 Å². The molecule has 2 rings (SSSR count). The molecule has 144 valence electrons. The van der Waals surface area contributed by atoms with E-state index in [-0.39, 0.29) is 17.9 Å². The Bertz CT molecular complexity index is 652. The number of nitrogens with one attached hydrogen (secondary N) is 1. The molecule has 26 heavy (non-hydrogen) atoms. The minimum atomic E-state index is -0.926. The van der Waals surface area contributed by atoms with Crippen LogP contribution in [0.2, 0.25) is 0 Å². The molecule has 1 aliphatic carbocycles. The number of carboxylic acid groups (broad SMARTS) is 1. The fourth-order valence-electron chi connectivity index (χ4n) is 3.31. The molecular formula is C21H31NO4. The number of carboxylic acids is 1. The van der Waals surface area contributed by atoms with Crippen LogP contribution in [0, 0.1) is 5.92 Å². The van der Waals surface area contributed by atoms with Crippen LogP contribution in [-0.4, -0.2) is 28.7 Å². The summed E-state index contributed by atoms with van der Waals surface area (Å²) in [5.41, 5.74) is 1.62. The van der Waals surface area contributed by atoms with Crippen molar-refractivity contribution in [3.63, 3.8) is 0 Å². The maximum Gasteiger partial charge on any atom is 0.337 e. The molecule has 1 saturated carbocycles. The van der Waals surface area contributed by atoms with Crippen LogP contribution in [0.5, 0.6) is 0 Å².